The molecule has 20 heavy (non-hydrogen) atoms. The minimum absolute atomic E-state index is 0.148. The molecule has 1 aromatic rings. The summed E-state index contributed by atoms with van der Waals surface area (Å²) in [4.78, 5) is 14.1. The number of hydrogen-bond donors (Lipinski definition) is 0. The van der Waals surface area contributed by atoms with Crippen LogP contribution < -0.4 is 0 Å². The first-order valence-electron chi connectivity index (χ1n) is 6.96. The summed E-state index contributed by atoms with van der Waals surface area (Å²) in [6, 6.07) is 4.49. The first-order valence-corrected chi connectivity index (χ1v) is 7.75. The van der Waals surface area contributed by atoms with Crippen LogP contribution in [0.5, 0.6) is 0 Å². The molecule has 1 unspecified atom stereocenters. The lowest BCUT2D eigenvalue weighted by atomic mass is 10.0. The van der Waals surface area contributed by atoms with Gasteiger partial charge in [-0.05, 0) is 44.0 Å². The summed E-state index contributed by atoms with van der Waals surface area (Å²) in [5.74, 6) is -0.411. The number of carbonyl (C=O) groups excluding carboxylic acids is 1. The van der Waals surface area contributed by atoms with E-state index < -0.39 is 0 Å². The molecule has 5 heteroatoms. The Morgan fingerprint density at radius 2 is 2.30 bits per heavy atom. The predicted molar refractivity (Wildman–Crippen MR) is 78.8 cm³/mol. The number of ether oxygens (including phenoxy) is 1. The second kappa shape index (κ2) is 7.18. The van der Waals surface area contributed by atoms with E-state index in [0.717, 1.165) is 35.8 Å². The van der Waals surface area contributed by atoms with Crippen molar-refractivity contribution in [2.24, 2.45) is 0 Å². The van der Waals surface area contributed by atoms with Crippen LogP contribution in [0.3, 0.4) is 0 Å². The van der Waals surface area contributed by atoms with Gasteiger partial charge in [0, 0.05) is 11.0 Å². The molecule has 110 valence electrons. The molecule has 1 fully saturated rings. The van der Waals surface area contributed by atoms with E-state index in [2.05, 4.69) is 20.8 Å². The van der Waals surface area contributed by atoms with Gasteiger partial charge in [-0.3, -0.25) is 9.69 Å². The number of benzene rings is 1. The molecule has 1 heterocycles. The van der Waals surface area contributed by atoms with Gasteiger partial charge in [-0.2, -0.15) is 0 Å². The first kappa shape index (κ1) is 15.4. The minimum Gasteiger partial charge on any atom is -0.465 e. The van der Waals surface area contributed by atoms with Gasteiger partial charge in [-0.25, -0.2) is 4.39 Å². The molecule has 0 spiro atoms. The van der Waals surface area contributed by atoms with Gasteiger partial charge in [0.05, 0.1) is 6.61 Å². The molecule has 0 aliphatic carbocycles. The Bertz CT molecular complexity index is 481. The third kappa shape index (κ3) is 3.79. The fourth-order valence-electron chi connectivity index (χ4n) is 2.55. The first-order chi connectivity index (χ1) is 9.61. The van der Waals surface area contributed by atoms with Crippen LogP contribution in [0.15, 0.2) is 22.7 Å². The van der Waals surface area contributed by atoms with Crippen molar-refractivity contribution in [2.45, 2.75) is 38.8 Å². The fourth-order valence-corrected chi connectivity index (χ4v) is 3.03. The zero-order valence-corrected chi connectivity index (χ0v) is 13.2. The number of esters is 1. The van der Waals surface area contributed by atoms with E-state index in [9.17, 15) is 9.18 Å². The maximum absolute atomic E-state index is 13.1. The third-order valence-electron chi connectivity index (χ3n) is 3.56. The van der Waals surface area contributed by atoms with Gasteiger partial charge in [0.15, 0.2) is 0 Å². The van der Waals surface area contributed by atoms with E-state index in [-0.39, 0.29) is 17.8 Å². The second-order valence-corrected chi connectivity index (χ2v) is 5.82. The summed E-state index contributed by atoms with van der Waals surface area (Å²) in [5.41, 5.74) is 0.989. The molecule has 0 saturated carbocycles. The van der Waals surface area contributed by atoms with Crippen molar-refractivity contribution in [1.29, 1.82) is 0 Å². The van der Waals surface area contributed by atoms with Gasteiger partial charge in [0.25, 0.3) is 0 Å². The van der Waals surface area contributed by atoms with Gasteiger partial charge in [-0.15, -0.1) is 0 Å². The fraction of sp³-hybridized carbons (Fsp3) is 0.533. The molecule has 1 aromatic carbocycles. The molecule has 0 aromatic heterocycles. The van der Waals surface area contributed by atoms with Crippen LogP contribution in [0.1, 0.15) is 31.7 Å². The molecule has 3 nitrogen and oxygen atoms in total. The summed E-state index contributed by atoms with van der Waals surface area (Å²) in [6.45, 7) is 3.72. The van der Waals surface area contributed by atoms with Crippen molar-refractivity contribution in [3.8, 4) is 0 Å². The van der Waals surface area contributed by atoms with Crippen molar-refractivity contribution < 1.29 is 13.9 Å². The van der Waals surface area contributed by atoms with Crippen LogP contribution in [0.25, 0.3) is 0 Å². The second-order valence-electron chi connectivity index (χ2n) is 4.97. The molecule has 1 saturated heterocycles. The lowest BCUT2D eigenvalue weighted by Crippen LogP contribution is -2.45. The molecular weight excluding hydrogens is 325 g/mol. The Labute approximate surface area is 127 Å². The van der Waals surface area contributed by atoms with Gasteiger partial charge in [-0.1, -0.05) is 28.4 Å². The normalized spacial score (nSPS) is 19.9. The number of likely N-dealkylation sites (tertiary alicyclic amines) is 1. The van der Waals surface area contributed by atoms with Gasteiger partial charge >= 0.3 is 5.97 Å². The van der Waals surface area contributed by atoms with Crippen molar-refractivity contribution in [3.05, 3.63) is 34.1 Å². The summed E-state index contributed by atoms with van der Waals surface area (Å²) >= 11 is 3.38. The molecule has 1 atom stereocenters. The number of halogens is 2. The highest BCUT2D eigenvalue weighted by molar-refractivity contribution is 9.10. The van der Waals surface area contributed by atoms with Gasteiger partial charge in [0.2, 0.25) is 0 Å². The Morgan fingerprint density at radius 1 is 1.50 bits per heavy atom. The van der Waals surface area contributed by atoms with Crippen molar-refractivity contribution in [2.75, 3.05) is 13.2 Å². The summed E-state index contributed by atoms with van der Waals surface area (Å²) < 4.78 is 19.0. The van der Waals surface area contributed by atoms with Crippen LogP contribution in [0, 0.1) is 5.82 Å². The maximum Gasteiger partial charge on any atom is 0.323 e. The Hall–Kier alpha value is -0.940. The lowest BCUT2D eigenvalue weighted by Gasteiger charge is -2.34. The summed E-state index contributed by atoms with van der Waals surface area (Å²) in [5, 5.41) is 0. The summed E-state index contributed by atoms with van der Waals surface area (Å²) in [6.07, 6.45) is 2.96. The Kier molecular flexibility index (Phi) is 5.54. The van der Waals surface area contributed by atoms with Gasteiger partial charge < -0.3 is 4.74 Å². The molecule has 2 rings (SSSR count). The third-order valence-corrected chi connectivity index (χ3v) is 4.30. The average molecular weight is 344 g/mol. The predicted octanol–water partition coefficient (Wildman–Crippen LogP) is 3.51. The van der Waals surface area contributed by atoms with E-state index in [1.165, 1.54) is 12.1 Å². The quantitative estimate of drug-likeness (QED) is 0.783. The molecule has 0 radical (unpaired) electrons. The van der Waals surface area contributed by atoms with Crippen molar-refractivity contribution in [3.63, 3.8) is 0 Å². The number of rotatable bonds is 4. The highest BCUT2D eigenvalue weighted by Gasteiger charge is 2.30. The maximum atomic E-state index is 13.1. The van der Waals surface area contributed by atoms with Crippen molar-refractivity contribution >= 4 is 21.9 Å². The van der Waals surface area contributed by atoms with Crippen LogP contribution in [-0.2, 0) is 16.1 Å². The minimum atomic E-state index is -0.263. The SMILES string of the molecule is CCOC(=O)C1CCCCN1Cc1ccc(F)cc1Br. The van der Waals surface area contributed by atoms with Crippen LogP contribution >= 0.6 is 15.9 Å². The molecule has 1 aliphatic rings. The number of hydrogen-bond acceptors (Lipinski definition) is 3. The topological polar surface area (TPSA) is 29.5 Å². The Morgan fingerprint density at radius 3 is 3.00 bits per heavy atom. The van der Waals surface area contributed by atoms with E-state index in [1.807, 2.05) is 6.92 Å². The van der Waals surface area contributed by atoms with Crippen LogP contribution in [-0.4, -0.2) is 30.1 Å². The van der Waals surface area contributed by atoms with E-state index in [1.54, 1.807) is 6.07 Å². The summed E-state index contributed by atoms with van der Waals surface area (Å²) in [7, 11) is 0. The van der Waals surface area contributed by atoms with E-state index >= 15 is 0 Å². The number of carbonyl (C=O) groups is 1. The molecule has 0 amide bonds. The molecule has 1 aliphatic heterocycles. The van der Waals surface area contributed by atoms with Crippen molar-refractivity contribution in [1.82, 2.24) is 4.90 Å². The van der Waals surface area contributed by atoms with Crippen LogP contribution in [0.2, 0.25) is 0 Å². The zero-order chi connectivity index (χ0) is 14.5. The Balaban J connectivity index is 2.10. The van der Waals surface area contributed by atoms with Gasteiger partial charge in [0.1, 0.15) is 11.9 Å². The lowest BCUT2D eigenvalue weighted by molar-refractivity contribution is -0.151. The highest BCUT2D eigenvalue weighted by atomic mass is 79.9. The smallest absolute Gasteiger partial charge is 0.323 e. The molecule has 0 N–H and O–H groups in total. The molecule has 0 bridgehead atoms. The number of nitrogens with zero attached hydrogens (tertiary/aromatic N) is 1. The average Bonchev–Trinajstić information content (AvgIpc) is 2.43. The number of piperidine rings is 1. The monoisotopic (exact) mass is 343 g/mol. The van der Waals surface area contributed by atoms with E-state index in [4.69, 9.17) is 4.74 Å². The van der Waals surface area contributed by atoms with Crippen LogP contribution in [0.4, 0.5) is 4.39 Å². The zero-order valence-electron chi connectivity index (χ0n) is 11.6. The standard InChI is InChI=1S/C15H19BrFNO2/c1-2-20-15(19)14-5-3-4-8-18(14)10-11-6-7-12(17)9-13(11)16/h6-7,9,14H,2-5,8,10H2,1H3. The largest absolute Gasteiger partial charge is 0.465 e. The highest BCUT2D eigenvalue weighted by Crippen LogP contribution is 2.25. The molecular formula is C15H19BrFNO2. The van der Waals surface area contributed by atoms with E-state index in [0.29, 0.717) is 13.2 Å².